The number of anilines is 2. The van der Waals surface area contributed by atoms with E-state index < -0.39 is 0 Å². The number of amides is 2. The number of hydrogen-bond donors (Lipinski definition) is 0. The number of carbonyl (C=O) groups is 2. The number of fused-ring (bicyclic) bond motifs is 1. The van der Waals surface area contributed by atoms with E-state index in [-0.39, 0.29) is 17.7 Å². The van der Waals surface area contributed by atoms with Crippen LogP contribution in [0.2, 0.25) is 0 Å². The van der Waals surface area contributed by atoms with E-state index >= 15 is 0 Å². The second-order valence-corrected chi connectivity index (χ2v) is 10.3. The normalized spacial score (nSPS) is 15.4. The van der Waals surface area contributed by atoms with Crippen LogP contribution in [0.5, 0.6) is 0 Å². The first-order valence-corrected chi connectivity index (χ1v) is 13.0. The zero-order chi connectivity index (χ0) is 25.4. The van der Waals surface area contributed by atoms with Gasteiger partial charge in [0.25, 0.3) is 5.91 Å². The van der Waals surface area contributed by atoms with E-state index in [9.17, 15) is 9.59 Å². The zero-order valence-corrected chi connectivity index (χ0v) is 21.8. The van der Waals surface area contributed by atoms with E-state index in [4.69, 9.17) is 0 Å². The molecule has 0 atom stereocenters. The fourth-order valence-electron chi connectivity index (χ4n) is 5.34. The molecule has 36 heavy (non-hydrogen) atoms. The van der Waals surface area contributed by atoms with Gasteiger partial charge in [-0.1, -0.05) is 44.2 Å². The minimum atomic E-state index is -0.00432. The fraction of sp³-hybridized carbons (Fsp3) is 0.355. The summed E-state index contributed by atoms with van der Waals surface area (Å²) in [7, 11) is 0. The molecule has 2 aliphatic rings. The maximum Gasteiger partial charge on any atom is 0.253 e. The van der Waals surface area contributed by atoms with Gasteiger partial charge in [-0.25, -0.2) is 0 Å². The molecule has 5 rings (SSSR count). The first-order chi connectivity index (χ1) is 17.3. The Morgan fingerprint density at radius 3 is 2.17 bits per heavy atom. The first-order valence-electron chi connectivity index (χ1n) is 13.0. The molecule has 5 heteroatoms. The lowest BCUT2D eigenvalue weighted by Gasteiger charge is -2.37. The molecule has 1 fully saturated rings. The zero-order valence-electron chi connectivity index (χ0n) is 21.8. The molecule has 2 heterocycles. The van der Waals surface area contributed by atoms with E-state index in [2.05, 4.69) is 55.1 Å². The van der Waals surface area contributed by atoms with Crippen molar-refractivity contribution in [2.75, 3.05) is 42.5 Å². The van der Waals surface area contributed by atoms with E-state index in [0.717, 1.165) is 61.5 Å². The van der Waals surface area contributed by atoms with Crippen molar-refractivity contribution in [2.45, 2.75) is 34.1 Å². The van der Waals surface area contributed by atoms with Crippen LogP contribution in [0, 0.1) is 19.8 Å². The van der Waals surface area contributed by atoms with Crippen molar-refractivity contribution in [2.24, 2.45) is 5.92 Å². The first kappa shape index (κ1) is 24.1. The number of nitrogens with zero attached hydrogens (tertiary/aromatic N) is 3. The second kappa shape index (κ2) is 9.81. The summed E-state index contributed by atoms with van der Waals surface area (Å²) in [6.07, 6.45) is 0.881. The largest absolute Gasteiger partial charge is 0.368 e. The van der Waals surface area contributed by atoms with Crippen molar-refractivity contribution in [3.05, 3.63) is 82.9 Å². The Hall–Kier alpha value is -3.60. The molecule has 2 aliphatic heterocycles. The molecule has 3 aromatic rings. The average Bonchev–Trinajstić information content (AvgIpc) is 3.33. The molecule has 186 valence electrons. The monoisotopic (exact) mass is 481 g/mol. The van der Waals surface area contributed by atoms with Crippen molar-refractivity contribution in [3.63, 3.8) is 0 Å². The number of rotatable bonds is 4. The molecule has 0 aliphatic carbocycles. The maximum absolute atomic E-state index is 13.2. The third kappa shape index (κ3) is 4.50. The quantitative estimate of drug-likeness (QED) is 0.496. The van der Waals surface area contributed by atoms with Gasteiger partial charge in [0.05, 0.1) is 0 Å². The van der Waals surface area contributed by atoms with Gasteiger partial charge in [-0.2, -0.15) is 0 Å². The summed E-state index contributed by atoms with van der Waals surface area (Å²) >= 11 is 0. The molecule has 0 aromatic heterocycles. The lowest BCUT2D eigenvalue weighted by molar-refractivity contribution is -0.121. The lowest BCUT2D eigenvalue weighted by Crippen LogP contribution is -2.49. The highest BCUT2D eigenvalue weighted by Crippen LogP contribution is 2.33. The summed E-state index contributed by atoms with van der Waals surface area (Å²) in [4.78, 5) is 32.0. The van der Waals surface area contributed by atoms with Crippen LogP contribution in [0.4, 0.5) is 11.4 Å². The Bertz CT molecular complexity index is 1290. The molecule has 0 N–H and O–H groups in total. The molecule has 0 unspecified atom stereocenters. The molecule has 0 spiro atoms. The minimum absolute atomic E-state index is 0.00432. The smallest absolute Gasteiger partial charge is 0.253 e. The van der Waals surface area contributed by atoms with Crippen LogP contribution < -0.4 is 9.80 Å². The van der Waals surface area contributed by atoms with Crippen molar-refractivity contribution in [1.82, 2.24) is 4.90 Å². The average molecular weight is 482 g/mol. The lowest BCUT2D eigenvalue weighted by atomic mass is 10.00. The van der Waals surface area contributed by atoms with Gasteiger partial charge >= 0.3 is 0 Å². The maximum atomic E-state index is 13.2. The van der Waals surface area contributed by atoms with Gasteiger partial charge < -0.3 is 14.7 Å². The van der Waals surface area contributed by atoms with Crippen LogP contribution in [0.15, 0.2) is 60.7 Å². The Kier molecular flexibility index (Phi) is 6.57. The molecular weight excluding hydrogens is 446 g/mol. The van der Waals surface area contributed by atoms with Crippen molar-refractivity contribution in [3.8, 4) is 11.1 Å². The Morgan fingerprint density at radius 1 is 0.778 bits per heavy atom. The SMILES string of the molecule is Cc1cccc(N2CCN(C(=O)c3ccc(-c4ccc5c(c4)CCN5C(=O)C(C)C)cc3)CC2)c1C. The molecule has 0 radical (unpaired) electrons. The van der Waals surface area contributed by atoms with Gasteiger partial charge in [0.1, 0.15) is 0 Å². The van der Waals surface area contributed by atoms with Gasteiger partial charge in [-0.3, -0.25) is 9.59 Å². The molecule has 1 saturated heterocycles. The van der Waals surface area contributed by atoms with Crippen molar-refractivity contribution in [1.29, 1.82) is 0 Å². The Morgan fingerprint density at radius 2 is 1.47 bits per heavy atom. The third-order valence-corrected chi connectivity index (χ3v) is 7.68. The highest BCUT2D eigenvalue weighted by Gasteiger charge is 2.27. The highest BCUT2D eigenvalue weighted by molar-refractivity contribution is 5.97. The number of carbonyl (C=O) groups excluding carboxylic acids is 2. The van der Waals surface area contributed by atoms with Crippen molar-refractivity contribution >= 4 is 23.2 Å². The number of piperazine rings is 1. The summed E-state index contributed by atoms with van der Waals surface area (Å²) in [5.74, 6) is 0.272. The highest BCUT2D eigenvalue weighted by atomic mass is 16.2. The number of benzene rings is 3. The van der Waals surface area contributed by atoms with Crippen LogP contribution >= 0.6 is 0 Å². The van der Waals surface area contributed by atoms with Gasteiger partial charge in [-0.05, 0) is 78.4 Å². The topological polar surface area (TPSA) is 43.9 Å². The van der Waals surface area contributed by atoms with E-state index in [1.807, 2.05) is 47.9 Å². The summed E-state index contributed by atoms with van der Waals surface area (Å²) < 4.78 is 0. The van der Waals surface area contributed by atoms with Gasteiger partial charge in [0.15, 0.2) is 0 Å². The second-order valence-electron chi connectivity index (χ2n) is 10.3. The predicted octanol–water partition coefficient (Wildman–Crippen LogP) is 5.48. The van der Waals surface area contributed by atoms with Crippen LogP contribution in [0.25, 0.3) is 11.1 Å². The van der Waals surface area contributed by atoms with Crippen molar-refractivity contribution < 1.29 is 9.59 Å². The van der Waals surface area contributed by atoms with E-state index in [1.54, 1.807) is 0 Å². The van der Waals surface area contributed by atoms with Crippen LogP contribution in [0.3, 0.4) is 0 Å². The Labute approximate surface area is 214 Å². The summed E-state index contributed by atoms with van der Waals surface area (Å²) in [5, 5.41) is 0. The molecular formula is C31H35N3O2. The third-order valence-electron chi connectivity index (χ3n) is 7.68. The van der Waals surface area contributed by atoms with Crippen LogP contribution in [-0.4, -0.2) is 49.4 Å². The van der Waals surface area contributed by atoms with Gasteiger partial charge in [-0.15, -0.1) is 0 Å². The summed E-state index contributed by atoms with van der Waals surface area (Å²) in [5.41, 5.74) is 9.07. The number of hydrogen-bond acceptors (Lipinski definition) is 3. The van der Waals surface area contributed by atoms with E-state index in [0.29, 0.717) is 0 Å². The number of aryl methyl sites for hydroxylation is 1. The molecule has 5 nitrogen and oxygen atoms in total. The fourth-order valence-corrected chi connectivity index (χ4v) is 5.34. The predicted molar refractivity (Wildman–Crippen MR) is 147 cm³/mol. The molecule has 0 saturated carbocycles. The van der Waals surface area contributed by atoms with Gasteiger partial charge in [0.2, 0.25) is 5.91 Å². The van der Waals surface area contributed by atoms with Gasteiger partial charge in [0, 0.05) is 55.6 Å². The Balaban J connectivity index is 1.25. The summed E-state index contributed by atoms with van der Waals surface area (Å²) in [6, 6.07) is 20.7. The molecule has 2 amide bonds. The standard InChI is InChI=1S/C31H35N3O2/c1-21(2)30(35)34-15-14-27-20-26(12-13-29(27)34)24-8-10-25(11-9-24)31(36)33-18-16-32(17-19-33)28-7-5-6-22(3)23(28)4/h5-13,20-21H,14-19H2,1-4H3. The summed E-state index contributed by atoms with van der Waals surface area (Å²) in [6.45, 7) is 12.1. The molecule has 3 aromatic carbocycles. The molecule has 0 bridgehead atoms. The van der Waals surface area contributed by atoms with Crippen LogP contribution in [0.1, 0.15) is 40.9 Å². The minimum Gasteiger partial charge on any atom is -0.368 e. The van der Waals surface area contributed by atoms with E-state index in [1.165, 1.54) is 22.4 Å². The van der Waals surface area contributed by atoms with Crippen LogP contribution in [-0.2, 0) is 11.2 Å².